The molecule has 1 aromatic rings. The highest BCUT2D eigenvalue weighted by atomic mass is 19.3. The number of benzene rings is 1. The fourth-order valence-corrected chi connectivity index (χ4v) is 1.52. The van der Waals surface area contributed by atoms with Gasteiger partial charge in [0.1, 0.15) is 5.82 Å². The van der Waals surface area contributed by atoms with Gasteiger partial charge in [0.2, 0.25) is 0 Å². The Balaban J connectivity index is 2.32. The first-order valence-electron chi connectivity index (χ1n) is 4.48. The molecule has 0 spiro atoms. The third kappa shape index (κ3) is 1.39. The Labute approximate surface area is 79.9 Å². The molecule has 1 saturated heterocycles. The average molecular weight is 201 g/mol. The maximum absolute atomic E-state index is 13.6. The van der Waals surface area contributed by atoms with Crippen LogP contribution in [0.1, 0.15) is 12.0 Å². The summed E-state index contributed by atoms with van der Waals surface area (Å²) in [7, 11) is 0. The molecule has 1 fully saturated rings. The fraction of sp³-hybridized carbons (Fsp3) is 0.400. The van der Waals surface area contributed by atoms with Crippen LogP contribution >= 0.6 is 0 Å². The van der Waals surface area contributed by atoms with E-state index in [0.29, 0.717) is 13.0 Å². The molecule has 1 aromatic carbocycles. The van der Waals surface area contributed by atoms with E-state index < -0.39 is 23.3 Å². The molecule has 0 aliphatic carbocycles. The van der Waals surface area contributed by atoms with Crippen molar-refractivity contribution in [1.82, 2.24) is 5.32 Å². The van der Waals surface area contributed by atoms with Crippen molar-refractivity contribution in [3.05, 3.63) is 35.6 Å². The van der Waals surface area contributed by atoms with Crippen LogP contribution in [0.2, 0.25) is 0 Å². The van der Waals surface area contributed by atoms with Crippen LogP contribution < -0.4 is 5.32 Å². The van der Waals surface area contributed by atoms with Crippen LogP contribution in [0.15, 0.2) is 24.3 Å². The van der Waals surface area contributed by atoms with E-state index in [1.54, 1.807) is 0 Å². The third-order valence-corrected chi connectivity index (χ3v) is 2.49. The van der Waals surface area contributed by atoms with Crippen LogP contribution in [0.3, 0.4) is 0 Å². The summed E-state index contributed by atoms with van der Waals surface area (Å²) in [5.74, 6) is -3.95. The van der Waals surface area contributed by atoms with Crippen molar-refractivity contribution in [3.63, 3.8) is 0 Å². The van der Waals surface area contributed by atoms with Crippen molar-refractivity contribution in [1.29, 1.82) is 0 Å². The highest BCUT2D eigenvalue weighted by molar-refractivity contribution is 5.24. The molecule has 2 rings (SSSR count). The van der Waals surface area contributed by atoms with Crippen molar-refractivity contribution in [3.8, 4) is 0 Å². The molecule has 1 heterocycles. The van der Waals surface area contributed by atoms with Gasteiger partial charge in [-0.1, -0.05) is 18.2 Å². The van der Waals surface area contributed by atoms with Gasteiger partial charge in [-0.3, -0.25) is 0 Å². The van der Waals surface area contributed by atoms with E-state index in [1.807, 2.05) is 0 Å². The molecule has 76 valence electrons. The monoisotopic (exact) mass is 201 g/mol. The second kappa shape index (κ2) is 3.28. The Kier molecular flexibility index (Phi) is 2.23. The van der Waals surface area contributed by atoms with Gasteiger partial charge in [0.25, 0.3) is 5.92 Å². The first kappa shape index (κ1) is 9.52. The second-order valence-corrected chi connectivity index (χ2v) is 3.40. The minimum atomic E-state index is -3.11. The molecular weight excluding hydrogens is 191 g/mol. The Hall–Kier alpha value is -1.03. The van der Waals surface area contributed by atoms with Crippen LogP contribution in [-0.4, -0.2) is 12.6 Å². The van der Waals surface area contributed by atoms with E-state index in [9.17, 15) is 13.2 Å². The lowest BCUT2D eigenvalue weighted by atomic mass is 9.93. The zero-order valence-electron chi connectivity index (χ0n) is 7.43. The van der Waals surface area contributed by atoms with Gasteiger partial charge in [-0.15, -0.1) is 0 Å². The van der Waals surface area contributed by atoms with Crippen molar-refractivity contribution in [2.75, 3.05) is 6.54 Å². The van der Waals surface area contributed by atoms with Gasteiger partial charge in [-0.25, -0.2) is 4.39 Å². The summed E-state index contributed by atoms with van der Waals surface area (Å²) in [5, 5.41) is 2.59. The highest BCUT2D eigenvalue weighted by Gasteiger charge is 2.45. The number of hydrogen-bond acceptors (Lipinski definition) is 1. The van der Waals surface area contributed by atoms with Crippen molar-refractivity contribution in [2.24, 2.45) is 0 Å². The zero-order valence-corrected chi connectivity index (χ0v) is 7.43. The van der Waals surface area contributed by atoms with Crippen molar-refractivity contribution < 1.29 is 13.2 Å². The molecule has 0 bridgehead atoms. The van der Waals surface area contributed by atoms with Gasteiger partial charge in [0.05, 0.1) is 11.6 Å². The van der Waals surface area contributed by atoms with Gasteiger partial charge in [-0.05, 0) is 19.0 Å². The molecule has 1 nitrogen and oxygen atoms in total. The lowest BCUT2D eigenvalue weighted by Gasteiger charge is -2.35. The maximum atomic E-state index is 13.6. The number of alkyl halides is 2. The number of halogens is 3. The standard InChI is InChI=1S/C10H10F3N/c11-8-4-2-1-3-7(8)10(12,13)9-5-6-14-9/h1-4,9,14H,5-6H2. The Morgan fingerprint density at radius 3 is 2.43 bits per heavy atom. The summed E-state index contributed by atoms with van der Waals surface area (Å²) in [6.45, 7) is 0.578. The molecular formula is C10H10F3N. The van der Waals surface area contributed by atoms with E-state index in [2.05, 4.69) is 5.32 Å². The molecule has 0 aromatic heterocycles. The zero-order chi connectivity index (χ0) is 10.2. The summed E-state index contributed by atoms with van der Waals surface area (Å²) in [6, 6.07) is 4.10. The van der Waals surface area contributed by atoms with E-state index >= 15 is 0 Å². The number of rotatable bonds is 2. The fourth-order valence-electron chi connectivity index (χ4n) is 1.52. The molecule has 4 heteroatoms. The molecule has 14 heavy (non-hydrogen) atoms. The summed E-state index contributed by atoms with van der Waals surface area (Å²) < 4.78 is 40.2. The molecule has 1 aliphatic rings. The van der Waals surface area contributed by atoms with Gasteiger partial charge in [-0.2, -0.15) is 8.78 Å². The lowest BCUT2D eigenvalue weighted by Crippen LogP contribution is -2.53. The van der Waals surface area contributed by atoms with E-state index in [1.165, 1.54) is 12.1 Å². The van der Waals surface area contributed by atoms with E-state index in [0.717, 1.165) is 12.1 Å². The third-order valence-electron chi connectivity index (χ3n) is 2.49. The summed E-state index contributed by atoms with van der Waals surface area (Å²) in [5.41, 5.74) is -0.516. The predicted molar refractivity (Wildman–Crippen MR) is 46.7 cm³/mol. The van der Waals surface area contributed by atoms with Crippen LogP contribution in [0.5, 0.6) is 0 Å². The number of hydrogen-bond donors (Lipinski definition) is 1. The van der Waals surface area contributed by atoms with Crippen LogP contribution in [0, 0.1) is 5.82 Å². The molecule has 0 saturated carbocycles. The Morgan fingerprint density at radius 2 is 1.93 bits per heavy atom. The van der Waals surface area contributed by atoms with Crippen molar-refractivity contribution in [2.45, 2.75) is 18.4 Å². The maximum Gasteiger partial charge on any atom is 0.291 e. The van der Waals surface area contributed by atoms with Crippen molar-refractivity contribution >= 4 is 0 Å². The van der Waals surface area contributed by atoms with Gasteiger partial charge in [0.15, 0.2) is 0 Å². The van der Waals surface area contributed by atoms with Gasteiger partial charge < -0.3 is 5.32 Å². The minimum Gasteiger partial charge on any atom is -0.308 e. The quantitative estimate of drug-likeness (QED) is 0.774. The first-order valence-corrected chi connectivity index (χ1v) is 4.48. The smallest absolute Gasteiger partial charge is 0.291 e. The van der Waals surface area contributed by atoms with Gasteiger partial charge >= 0.3 is 0 Å². The summed E-state index contributed by atoms with van der Waals surface area (Å²) in [6.07, 6.45) is 0.390. The molecule has 0 radical (unpaired) electrons. The average Bonchev–Trinajstić information content (AvgIpc) is 2.00. The van der Waals surface area contributed by atoms with Gasteiger partial charge in [0, 0.05) is 0 Å². The SMILES string of the molecule is Fc1ccccc1C(F)(F)C1CCN1. The molecule has 1 atom stereocenters. The highest BCUT2D eigenvalue weighted by Crippen LogP contribution is 2.36. The summed E-state index contributed by atoms with van der Waals surface area (Å²) in [4.78, 5) is 0. The second-order valence-electron chi connectivity index (χ2n) is 3.40. The summed E-state index contributed by atoms with van der Waals surface area (Å²) >= 11 is 0. The molecule has 1 N–H and O–H groups in total. The van der Waals surface area contributed by atoms with Crippen LogP contribution in [0.4, 0.5) is 13.2 Å². The lowest BCUT2D eigenvalue weighted by molar-refractivity contribution is -0.0673. The molecule has 1 aliphatic heterocycles. The largest absolute Gasteiger partial charge is 0.308 e. The number of nitrogens with one attached hydrogen (secondary N) is 1. The van der Waals surface area contributed by atoms with Crippen LogP contribution in [0.25, 0.3) is 0 Å². The molecule has 0 amide bonds. The first-order chi connectivity index (χ1) is 6.62. The Bertz CT molecular complexity index is 334. The van der Waals surface area contributed by atoms with E-state index in [-0.39, 0.29) is 0 Å². The van der Waals surface area contributed by atoms with Crippen LogP contribution in [-0.2, 0) is 5.92 Å². The van der Waals surface area contributed by atoms with E-state index in [4.69, 9.17) is 0 Å². The normalized spacial score (nSPS) is 21.8. The molecule has 1 unspecified atom stereocenters. The predicted octanol–water partition coefficient (Wildman–Crippen LogP) is 2.28. The Morgan fingerprint density at radius 1 is 1.29 bits per heavy atom. The topological polar surface area (TPSA) is 12.0 Å². The minimum absolute atomic E-state index is 0.390.